The van der Waals surface area contributed by atoms with Crippen LogP contribution in [0.2, 0.25) is 5.02 Å². The van der Waals surface area contributed by atoms with Crippen molar-refractivity contribution in [2.45, 2.75) is 18.9 Å². The van der Waals surface area contributed by atoms with Crippen molar-refractivity contribution in [2.75, 3.05) is 7.11 Å². The molecule has 1 saturated carbocycles. The molecule has 1 aliphatic rings. The van der Waals surface area contributed by atoms with Gasteiger partial charge in [-0.05, 0) is 25.0 Å². The Morgan fingerprint density at radius 3 is 2.83 bits per heavy atom. The van der Waals surface area contributed by atoms with E-state index in [0.717, 1.165) is 12.8 Å². The Morgan fingerprint density at radius 1 is 1.56 bits per heavy atom. The molecule has 5 heteroatoms. The van der Waals surface area contributed by atoms with Crippen molar-refractivity contribution < 1.29 is 14.3 Å². The molecule has 4 nitrogen and oxygen atoms in total. The highest BCUT2D eigenvalue weighted by atomic mass is 35.5. The van der Waals surface area contributed by atoms with E-state index in [1.165, 1.54) is 7.11 Å². The molecule has 1 aromatic rings. The number of carbonyl (C=O) groups is 1. The number of benzene rings is 1. The summed E-state index contributed by atoms with van der Waals surface area (Å²) in [7, 11) is 1.32. The predicted octanol–water partition coefficient (Wildman–Crippen LogP) is 2.54. The maximum atomic E-state index is 11.6. The van der Waals surface area contributed by atoms with Gasteiger partial charge < -0.3 is 9.47 Å². The van der Waals surface area contributed by atoms with Crippen LogP contribution in [0.5, 0.6) is 5.75 Å². The van der Waals surface area contributed by atoms with Gasteiger partial charge >= 0.3 is 5.97 Å². The van der Waals surface area contributed by atoms with Crippen molar-refractivity contribution in [3.63, 3.8) is 0 Å². The number of methoxy groups -OCH3 is 1. The lowest BCUT2D eigenvalue weighted by molar-refractivity contribution is -0.149. The van der Waals surface area contributed by atoms with Gasteiger partial charge in [-0.1, -0.05) is 11.6 Å². The molecule has 1 fully saturated rings. The molecule has 0 heterocycles. The molecule has 2 rings (SSSR count). The first-order valence-corrected chi connectivity index (χ1v) is 5.97. The molecule has 1 aliphatic carbocycles. The van der Waals surface area contributed by atoms with Crippen LogP contribution in [-0.2, 0) is 9.53 Å². The van der Waals surface area contributed by atoms with Crippen LogP contribution in [0.15, 0.2) is 18.2 Å². The predicted molar refractivity (Wildman–Crippen MR) is 65.3 cm³/mol. The standard InChI is InChI=1S/C13H12ClNO3/c1-17-13(16)12(8-2-3-8)18-11-6-10(14)5-4-9(11)7-15/h4-6,8,12H,2-3H2,1H3. The van der Waals surface area contributed by atoms with Gasteiger partial charge in [-0.25, -0.2) is 4.79 Å². The van der Waals surface area contributed by atoms with E-state index in [0.29, 0.717) is 16.3 Å². The normalized spacial score (nSPS) is 15.6. The highest BCUT2D eigenvalue weighted by Gasteiger charge is 2.39. The summed E-state index contributed by atoms with van der Waals surface area (Å²) in [6, 6.07) is 6.73. The number of esters is 1. The summed E-state index contributed by atoms with van der Waals surface area (Å²) in [6.45, 7) is 0. The number of hydrogen-bond donors (Lipinski definition) is 0. The maximum Gasteiger partial charge on any atom is 0.347 e. The average Bonchev–Trinajstić information content (AvgIpc) is 3.19. The van der Waals surface area contributed by atoms with E-state index in [9.17, 15) is 4.79 Å². The Labute approximate surface area is 110 Å². The van der Waals surface area contributed by atoms with Gasteiger partial charge in [0.15, 0.2) is 6.10 Å². The quantitative estimate of drug-likeness (QED) is 0.785. The van der Waals surface area contributed by atoms with Gasteiger partial charge in [0.05, 0.1) is 12.7 Å². The summed E-state index contributed by atoms with van der Waals surface area (Å²) in [5.74, 6) is 0.0802. The molecule has 0 radical (unpaired) electrons. The number of nitrogens with zero attached hydrogens (tertiary/aromatic N) is 1. The van der Waals surface area contributed by atoms with Gasteiger partial charge in [-0.3, -0.25) is 0 Å². The van der Waals surface area contributed by atoms with Gasteiger partial charge in [0.1, 0.15) is 11.8 Å². The Hall–Kier alpha value is -1.73. The van der Waals surface area contributed by atoms with Crippen LogP contribution < -0.4 is 4.74 Å². The van der Waals surface area contributed by atoms with E-state index in [-0.39, 0.29) is 5.92 Å². The van der Waals surface area contributed by atoms with Crippen LogP contribution in [-0.4, -0.2) is 19.2 Å². The average molecular weight is 266 g/mol. The fourth-order valence-electron chi connectivity index (χ4n) is 1.67. The summed E-state index contributed by atoms with van der Waals surface area (Å²) in [6.07, 6.45) is 1.21. The van der Waals surface area contributed by atoms with Crippen LogP contribution in [0.3, 0.4) is 0 Å². The van der Waals surface area contributed by atoms with Crippen molar-refractivity contribution in [3.8, 4) is 11.8 Å². The minimum absolute atomic E-state index is 0.169. The molecular weight excluding hydrogens is 254 g/mol. The van der Waals surface area contributed by atoms with Gasteiger partial charge in [0, 0.05) is 17.0 Å². The van der Waals surface area contributed by atoms with E-state index >= 15 is 0 Å². The van der Waals surface area contributed by atoms with Gasteiger partial charge in [0.25, 0.3) is 0 Å². The molecule has 0 aromatic heterocycles. The maximum absolute atomic E-state index is 11.6. The van der Waals surface area contributed by atoms with E-state index in [2.05, 4.69) is 0 Å². The van der Waals surface area contributed by atoms with Crippen LogP contribution >= 0.6 is 11.6 Å². The smallest absolute Gasteiger partial charge is 0.347 e. The lowest BCUT2D eigenvalue weighted by Gasteiger charge is -2.17. The third-order valence-electron chi connectivity index (χ3n) is 2.80. The second kappa shape index (κ2) is 5.28. The molecule has 94 valence electrons. The molecular formula is C13H12ClNO3. The second-order valence-corrected chi connectivity index (χ2v) is 4.59. The van der Waals surface area contributed by atoms with E-state index < -0.39 is 12.1 Å². The van der Waals surface area contributed by atoms with E-state index in [4.69, 9.17) is 26.3 Å². The first kappa shape index (κ1) is 12.7. The van der Waals surface area contributed by atoms with Gasteiger partial charge in [-0.2, -0.15) is 5.26 Å². The third-order valence-corrected chi connectivity index (χ3v) is 3.04. The Bertz CT molecular complexity index is 505. The zero-order valence-corrected chi connectivity index (χ0v) is 10.6. The Morgan fingerprint density at radius 2 is 2.28 bits per heavy atom. The topological polar surface area (TPSA) is 59.3 Å². The second-order valence-electron chi connectivity index (χ2n) is 4.15. The fraction of sp³-hybridized carbons (Fsp3) is 0.385. The zero-order valence-electron chi connectivity index (χ0n) is 9.85. The molecule has 1 aromatic carbocycles. The highest BCUT2D eigenvalue weighted by Crippen LogP contribution is 2.36. The molecule has 1 unspecified atom stereocenters. The van der Waals surface area contributed by atoms with Crippen molar-refractivity contribution in [2.24, 2.45) is 5.92 Å². The molecule has 0 aliphatic heterocycles. The largest absolute Gasteiger partial charge is 0.477 e. The fourth-order valence-corrected chi connectivity index (χ4v) is 1.84. The zero-order chi connectivity index (χ0) is 13.1. The summed E-state index contributed by atoms with van der Waals surface area (Å²) in [5, 5.41) is 9.44. The Balaban J connectivity index is 2.23. The summed E-state index contributed by atoms with van der Waals surface area (Å²) < 4.78 is 10.3. The highest BCUT2D eigenvalue weighted by molar-refractivity contribution is 6.30. The molecule has 0 N–H and O–H groups in total. The number of ether oxygens (including phenoxy) is 2. The lowest BCUT2D eigenvalue weighted by Crippen LogP contribution is -2.30. The summed E-state index contributed by atoms with van der Waals surface area (Å²) >= 11 is 5.86. The number of carbonyl (C=O) groups excluding carboxylic acids is 1. The van der Waals surface area contributed by atoms with Crippen LogP contribution in [0.4, 0.5) is 0 Å². The molecule has 0 saturated heterocycles. The lowest BCUT2D eigenvalue weighted by atomic mass is 10.2. The molecule has 0 bridgehead atoms. The van der Waals surface area contributed by atoms with Crippen molar-refractivity contribution >= 4 is 17.6 Å². The van der Waals surface area contributed by atoms with E-state index in [1.54, 1.807) is 18.2 Å². The molecule has 1 atom stereocenters. The van der Waals surface area contributed by atoms with Crippen LogP contribution in [0, 0.1) is 17.2 Å². The van der Waals surface area contributed by atoms with Crippen LogP contribution in [0.1, 0.15) is 18.4 Å². The minimum atomic E-state index is -0.652. The van der Waals surface area contributed by atoms with E-state index in [1.807, 2.05) is 6.07 Å². The van der Waals surface area contributed by atoms with Crippen molar-refractivity contribution in [3.05, 3.63) is 28.8 Å². The minimum Gasteiger partial charge on any atom is -0.477 e. The van der Waals surface area contributed by atoms with Gasteiger partial charge in [0.2, 0.25) is 0 Å². The van der Waals surface area contributed by atoms with Crippen LogP contribution in [0.25, 0.3) is 0 Å². The first-order valence-electron chi connectivity index (χ1n) is 5.60. The Kier molecular flexibility index (Phi) is 3.73. The number of hydrogen-bond acceptors (Lipinski definition) is 4. The first-order chi connectivity index (χ1) is 8.65. The molecule has 18 heavy (non-hydrogen) atoms. The summed E-state index contributed by atoms with van der Waals surface area (Å²) in [4.78, 5) is 11.6. The van der Waals surface area contributed by atoms with Crippen molar-refractivity contribution in [1.29, 1.82) is 5.26 Å². The molecule has 0 spiro atoms. The van der Waals surface area contributed by atoms with Crippen molar-refractivity contribution in [1.82, 2.24) is 0 Å². The monoisotopic (exact) mass is 265 g/mol. The third kappa shape index (κ3) is 2.74. The number of rotatable bonds is 4. The summed E-state index contributed by atoms with van der Waals surface area (Å²) in [5.41, 5.74) is 0.356. The SMILES string of the molecule is COC(=O)C(Oc1cc(Cl)ccc1C#N)C1CC1. The number of nitriles is 1. The van der Waals surface area contributed by atoms with Gasteiger partial charge in [-0.15, -0.1) is 0 Å². The molecule has 0 amide bonds. The number of halogens is 1.